The van der Waals surface area contributed by atoms with Crippen LogP contribution in [0.2, 0.25) is 0 Å². The summed E-state index contributed by atoms with van der Waals surface area (Å²) in [6, 6.07) is 7.06. The molecule has 0 radical (unpaired) electrons. The zero-order valence-corrected chi connectivity index (χ0v) is 9.41. The van der Waals surface area contributed by atoms with E-state index in [0.717, 1.165) is 16.1 Å². The molecule has 2 heterocycles. The minimum Gasteiger partial charge on any atom is -0.507 e. The lowest BCUT2D eigenvalue weighted by Gasteiger charge is -1.89. The first-order chi connectivity index (χ1) is 7.74. The molecule has 1 aromatic carbocycles. The fraction of sp³-hybridized carbons (Fsp3) is 0.0833. The van der Waals surface area contributed by atoms with E-state index in [0.29, 0.717) is 11.3 Å². The van der Waals surface area contributed by atoms with E-state index in [9.17, 15) is 5.11 Å². The highest BCUT2D eigenvalue weighted by Crippen LogP contribution is 2.32. The third-order valence-electron chi connectivity index (χ3n) is 2.41. The zero-order chi connectivity index (χ0) is 11.1. The monoisotopic (exact) mass is 231 g/mol. The molecule has 2 aromatic heterocycles. The molecule has 0 amide bonds. The van der Waals surface area contributed by atoms with E-state index in [2.05, 4.69) is 4.98 Å². The van der Waals surface area contributed by atoms with Crippen LogP contribution in [0.3, 0.4) is 0 Å². The van der Waals surface area contributed by atoms with Crippen molar-refractivity contribution in [3.05, 3.63) is 34.7 Å². The van der Waals surface area contributed by atoms with Crippen LogP contribution in [-0.2, 0) is 0 Å². The molecule has 3 aromatic rings. The number of furan rings is 1. The van der Waals surface area contributed by atoms with Crippen LogP contribution in [0.15, 0.2) is 34.1 Å². The molecule has 0 spiro atoms. The van der Waals surface area contributed by atoms with Crippen molar-refractivity contribution in [1.29, 1.82) is 0 Å². The number of phenolic OH excluding ortho intramolecular Hbond substituents is 1. The summed E-state index contributed by atoms with van der Waals surface area (Å²) >= 11 is 1.58. The van der Waals surface area contributed by atoms with E-state index in [-0.39, 0.29) is 5.75 Å². The molecule has 80 valence electrons. The second-order valence-corrected chi connectivity index (χ2v) is 4.61. The second kappa shape index (κ2) is 3.35. The van der Waals surface area contributed by atoms with E-state index in [1.165, 1.54) is 0 Å². The van der Waals surface area contributed by atoms with Crippen molar-refractivity contribution in [2.75, 3.05) is 0 Å². The summed E-state index contributed by atoms with van der Waals surface area (Å²) in [5.41, 5.74) is 1.50. The van der Waals surface area contributed by atoms with Crippen molar-refractivity contribution in [2.45, 2.75) is 6.92 Å². The Balaban J connectivity index is 2.22. The first-order valence-electron chi connectivity index (χ1n) is 4.88. The van der Waals surface area contributed by atoms with Gasteiger partial charge >= 0.3 is 0 Å². The summed E-state index contributed by atoms with van der Waals surface area (Å²) in [6.07, 6.45) is 0. The van der Waals surface area contributed by atoms with Crippen LogP contribution in [0.1, 0.15) is 5.01 Å². The van der Waals surface area contributed by atoms with Gasteiger partial charge in [-0.05, 0) is 25.1 Å². The molecule has 0 bridgehead atoms. The van der Waals surface area contributed by atoms with Crippen LogP contribution in [0.25, 0.3) is 22.4 Å². The van der Waals surface area contributed by atoms with E-state index >= 15 is 0 Å². The lowest BCUT2D eigenvalue weighted by Crippen LogP contribution is -1.72. The predicted octanol–water partition coefficient (Wildman–Crippen LogP) is 3.57. The van der Waals surface area contributed by atoms with Crippen molar-refractivity contribution in [2.24, 2.45) is 0 Å². The van der Waals surface area contributed by atoms with Gasteiger partial charge in [-0.15, -0.1) is 11.3 Å². The van der Waals surface area contributed by atoms with Gasteiger partial charge in [0.1, 0.15) is 17.0 Å². The van der Waals surface area contributed by atoms with Crippen LogP contribution < -0.4 is 0 Å². The number of rotatable bonds is 1. The Morgan fingerprint density at radius 2 is 2.25 bits per heavy atom. The number of phenols is 1. The fourth-order valence-corrected chi connectivity index (χ4v) is 2.25. The molecule has 0 aliphatic rings. The number of benzene rings is 1. The molecule has 0 aliphatic heterocycles. The van der Waals surface area contributed by atoms with Crippen LogP contribution in [0.4, 0.5) is 0 Å². The summed E-state index contributed by atoms with van der Waals surface area (Å²) in [6.45, 7) is 1.95. The first-order valence-corrected chi connectivity index (χ1v) is 5.76. The highest BCUT2D eigenvalue weighted by atomic mass is 32.1. The molecule has 0 fully saturated rings. The van der Waals surface area contributed by atoms with Crippen molar-refractivity contribution in [1.82, 2.24) is 4.98 Å². The van der Waals surface area contributed by atoms with Crippen molar-refractivity contribution >= 4 is 22.3 Å². The minimum absolute atomic E-state index is 0.236. The number of aryl methyl sites for hydroxylation is 1. The second-order valence-electron chi connectivity index (χ2n) is 3.55. The van der Waals surface area contributed by atoms with Crippen LogP contribution in [0, 0.1) is 6.92 Å². The molecular formula is C12H9NO2S. The van der Waals surface area contributed by atoms with Gasteiger partial charge < -0.3 is 9.52 Å². The number of aromatic nitrogens is 1. The standard InChI is InChI=1S/C12H9NO2S/c1-7-13-9(6-16-7)12-5-8-10(14)3-2-4-11(8)15-12/h2-6,14H,1H3. The Morgan fingerprint density at radius 1 is 1.38 bits per heavy atom. The third kappa shape index (κ3) is 1.39. The Bertz CT molecular complexity index is 654. The van der Waals surface area contributed by atoms with Gasteiger partial charge in [-0.1, -0.05) is 6.07 Å². The zero-order valence-electron chi connectivity index (χ0n) is 8.60. The molecule has 0 atom stereocenters. The van der Waals surface area contributed by atoms with Crippen molar-refractivity contribution in [3.63, 3.8) is 0 Å². The van der Waals surface area contributed by atoms with Gasteiger partial charge in [-0.3, -0.25) is 0 Å². The maximum Gasteiger partial charge on any atom is 0.154 e. The van der Waals surface area contributed by atoms with Gasteiger partial charge in [0, 0.05) is 5.38 Å². The van der Waals surface area contributed by atoms with Gasteiger partial charge in [0.2, 0.25) is 0 Å². The summed E-state index contributed by atoms with van der Waals surface area (Å²) in [4.78, 5) is 4.35. The Hall–Kier alpha value is -1.81. The molecule has 0 saturated heterocycles. The van der Waals surface area contributed by atoms with E-state index in [1.807, 2.05) is 24.4 Å². The highest BCUT2D eigenvalue weighted by molar-refractivity contribution is 7.09. The van der Waals surface area contributed by atoms with Crippen molar-refractivity contribution < 1.29 is 9.52 Å². The quantitative estimate of drug-likeness (QED) is 0.696. The summed E-state index contributed by atoms with van der Waals surface area (Å²) in [5, 5.41) is 13.3. The highest BCUT2D eigenvalue weighted by Gasteiger charge is 2.10. The molecule has 1 N–H and O–H groups in total. The van der Waals surface area contributed by atoms with Gasteiger partial charge in [-0.25, -0.2) is 4.98 Å². The number of fused-ring (bicyclic) bond motifs is 1. The summed E-state index contributed by atoms with van der Waals surface area (Å²) in [7, 11) is 0. The number of hydrogen-bond acceptors (Lipinski definition) is 4. The number of hydrogen-bond donors (Lipinski definition) is 1. The van der Waals surface area contributed by atoms with E-state index < -0.39 is 0 Å². The molecule has 0 unspecified atom stereocenters. The van der Waals surface area contributed by atoms with Gasteiger partial charge in [0.05, 0.1) is 10.4 Å². The normalized spacial score (nSPS) is 11.1. The van der Waals surface area contributed by atoms with E-state index in [4.69, 9.17) is 4.42 Å². The lowest BCUT2D eigenvalue weighted by atomic mass is 10.2. The SMILES string of the molecule is Cc1nc(-c2cc3c(O)cccc3o2)cs1. The average molecular weight is 231 g/mol. The molecular weight excluding hydrogens is 222 g/mol. The molecule has 3 rings (SSSR count). The Labute approximate surface area is 96.0 Å². The average Bonchev–Trinajstić information content (AvgIpc) is 2.84. The van der Waals surface area contributed by atoms with Crippen LogP contribution in [-0.4, -0.2) is 10.1 Å². The van der Waals surface area contributed by atoms with Gasteiger partial charge in [0.15, 0.2) is 5.76 Å². The Morgan fingerprint density at radius 3 is 2.94 bits per heavy atom. The van der Waals surface area contributed by atoms with Crippen molar-refractivity contribution in [3.8, 4) is 17.2 Å². The largest absolute Gasteiger partial charge is 0.507 e. The maximum atomic E-state index is 9.66. The number of thiazole rings is 1. The molecule has 0 aliphatic carbocycles. The van der Waals surface area contributed by atoms with Crippen LogP contribution in [0.5, 0.6) is 5.75 Å². The Kier molecular flexibility index (Phi) is 1.97. The summed E-state index contributed by atoms with van der Waals surface area (Å²) < 4.78 is 5.63. The molecule has 0 saturated carbocycles. The minimum atomic E-state index is 0.236. The lowest BCUT2D eigenvalue weighted by molar-refractivity contribution is 0.481. The van der Waals surface area contributed by atoms with Gasteiger partial charge in [-0.2, -0.15) is 0 Å². The third-order valence-corrected chi connectivity index (χ3v) is 3.18. The smallest absolute Gasteiger partial charge is 0.154 e. The van der Waals surface area contributed by atoms with Gasteiger partial charge in [0.25, 0.3) is 0 Å². The topological polar surface area (TPSA) is 46.3 Å². The molecule has 16 heavy (non-hydrogen) atoms. The van der Waals surface area contributed by atoms with E-state index in [1.54, 1.807) is 23.5 Å². The predicted molar refractivity (Wildman–Crippen MR) is 63.7 cm³/mol. The fourth-order valence-electron chi connectivity index (χ4n) is 1.65. The number of nitrogens with zero attached hydrogens (tertiary/aromatic N) is 1. The maximum absolute atomic E-state index is 9.66. The summed E-state index contributed by atoms with van der Waals surface area (Å²) in [5.74, 6) is 0.931. The number of aromatic hydroxyl groups is 1. The first kappa shape index (κ1) is 9.42. The molecule has 4 heteroatoms. The molecule has 3 nitrogen and oxygen atoms in total. The van der Waals surface area contributed by atoms with Crippen LogP contribution >= 0.6 is 11.3 Å².